The zero-order valence-corrected chi connectivity index (χ0v) is 12.2. The third-order valence-corrected chi connectivity index (χ3v) is 6.31. The maximum Gasteiger partial charge on any atom is 0.238 e. The van der Waals surface area contributed by atoms with Crippen LogP contribution >= 0.6 is 0 Å². The van der Waals surface area contributed by atoms with E-state index in [0.717, 1.165) is 18.1 Å². The number of carbonyl (C=O) groups excluding carboxylic acids is 1. The number of amides is 1. The van der Waals surface area contributed by atoms with Crippen LogP contribution in [0.3, 0.4) is 0 Å². The van der Waals surface area contributed by atoms with Crippen LogP contribution in [0.4, 0.5) is 0 Å². The van der Waals surface area contributed by atoms with Crippen molar-refractivity contribution in [3.8, 4) is 0 Å². The maximum absolute atomic E-state index is 11.9. The molecule has 5 heteroatoms. The van der Waals surface area contributed by atoms with E-state index in [0.29, 0.717) is 5.92 Å². The van der Waals surface area contributed by atoms with Gasteiger partial charge in [-0.1, -0.05) is 6.42 Å². The summed E-state index contributed by atoms with van der Waals surface area (Å²) in [6, 6.07) is 0.0944. The summed E-state index contributed by atoms with van der Waals surface area (Å²) in [7, 11) is -3.29. The standard InChI is InChI=1S/C13H23NO3S/c1-8(12-7-10-4-5-11(12)6-10)14-13(15)9(2)18(3,16)17/h8-12H,4-7H2,1-3H3,(H,14,15)/t8-,9+,10-,11-,12-/m0/s1. The van der Waals surface area contributed by atoms with E-state index in [4.69, 9.17) is 0 Å². The molecule has 0 aromatic carbocycles. The molecule has 0 saturated heterocycles. The van der Waals surface area contributed by atoms with Crippen LogP contribution in [0.1, 0.15) is 39.5 Å². The zero-order valence-electron chi connectivity index (χ0n) is 11.3. The Morgan fingerprint density at radius 2 is 1.89 bits per heavy atom. The molecule has 1 N–H and O–H groups in total. The van der Waals surface area contributed by atoms with Gasteiger partial charge in [0.15, 0.2) is 9.84 Å². The molecule has 0 radical (unpaired) electrons. The highest BCUT2D eigenvalue weighted by atomic mass is 32.2. The van der Waals surface area contributed by atoms with Crippen LogP contribution in [0.2, 0.25) is 0 Å². The van der Waals surface area contributed by atoms with Crippen molar-refractivity contribution in [2.75, 3.05) is 6.26 Å². The average Bonchev–Trinajstić information content (AvgIpc) is 2.88. The first-order valence-electron chi connectivity index (χ1n) is 6.78. The Morgan fingerprint density at radius 3 is 2.33 bits per heavy atom. The highest BCUT2D eigenvalue weighted by Crippen LogP contribution is 2.49. The SMILES string of the molecule is C[C@H](NC(=O)[C@@H](C)S(C)(=O)=O)[C@@H]1C[C@H]2CC[C@H]1C2. The number of fused-ring (bicyclic) bond motifs is 2. The molecule has 0 heterocycles. The fourth-order valence-corrected chi connectivity index (χ4v) is 4.01. The Labute approximate surface area is 109 Å². The fraction of sp³-hybridized carbons (Fsp3) is 0.923. The second-order valence-electron chi connectivity index (χ2n) is 6.11. The van der Waals surface area contributed by atoms with E-state index in [2.05, 4.69) is 5.32 Å². The molecular formula is C13H23NO3S. The molecule has 2 rings (SSSR count). The Morgan fingerprint density at radius 1 is 1.22 bits per heavy atom. The van der Waals surface area contributed by atoms with E-state index in [-0.39, 0.29) is 11.9 Å². The maximum atomic E-state index is 11.9. The van der Waals surface area contributed by atoms with Crippen LogP contribution in [-0.4, -0.2) is 31.9 Å². The van der Waals surface area contributed by atoms with Crippen molar-refractivity contribution in [3.63, 3.8) is 0 Å². The van der Waals surface area contributed by atoms with Gasteiger partial charge in [0.05, 0.1) is 0 Å². The quantitative estimate of drug-likeness (QED) is 0.841. The first-order chi connectivity index (χ1) is 8.29. The summed E-state index contributed by atoms with van der Waals surface area (Å²) < 4.78 is 22.7. The van der Waals surface area contributed by atoms with Gasteiger partial charge in [0.25, 0.3) is 0 Å². The van der Waals surface area contributed by atoms with Gasteiger partial charge in [0.2, 0.25) is 5.91 Å². The lowest BCUT2D eigenvalue weighted by molar-refractivity contribution is -0.121. The molecule has 18 heavy (non-hydrogen) atoms. The normalized spacial score (nSPS) is 34.3. The van der Waals surface area contributed by atoms with Gasteiger partial charge < -0.3 is 5.32 Å². The summed E-state index contributed by atoms with van der Waals surface area (Å²) >= 11 is 0. The molecule has 104 valence electrons. The monoisotopic (exact) mass is 273 g/mol. The van der Waals surface area contributed by atoms with E-state index in [1.807, 2.05) is 6.92 Å². The molecule has 2 saturated carbocycles. The molecule has 0 aliphatic heterocycles. The summed E-state index contributed by atoms with van der Waals surface area (Å²) in [6.07, 6.45) is 6.21. The summed E-state index contributed by atoms with van der Waals surface area (Å²) in [5.41, 5.74) is 0. The van der Waals surface area contributed by atoms with E-state index in [1.165, 1.54) is 32.6 Å². The average molecular weight is 273 g/mol. The summed E-state index contributed by atoms with van der Waals surface area (Å²) in [4.78, 5) is 11.9. The van der Waals surface area contributed by atoms with Gasteiger partial charge in [-0.2, -0.15) is 0 Å². The number of rotatable bonds is 4. The van der Waals surface area contributed by atoms with Crippen molar-refractivity contribution in [2.24, 2.45) is 17.8 Å². The summed E-state index contributed by atoms with van der Waals surface area (Å²) in [6.45, 7) is 3.47. The van der Waals surface area contributed by atoms with Crippen molar-refractivity contribution >= 4 is 15.7 Å². The Balaban J connectivity index is 1.92. The van der Waals surface area contributed by atoms with Crippen molar-refractivity contribution < 1.29 is 13.2 Å². The first-order valence-corrected chi connectivity index (χ1v) is 8.73. The number of hydrogen-bond acceptors (Lipinski definition) is 3. The van der Waals surface area contributed by atoms with Crippen molar-refractivity contribution in [1.82, 2.24) is 5.32 Å². The fourth-order valence-electron chi connectivity index (χ4n) is 3.55. The molecule has 2 fully saturated rings. The van der Waals surface area contributed by atoms with Crippen LogP contribution in [-0.2, 0) is 14.6 Å². The van der Waals surface area contributed by atoms with E-state index >= 15 is 0 Å². The molecule has 1 amide bonds. The van der Waals surface area contributed by atoms with E-state index in [9.17, 15) is 13.2 Å². The van der Waals surface area contributed by atoms with Gasteiger partial charge in [-0.05, 0) is 50.9 Å². The third kappa shape index (κ3) is 2.71. The minimum Gasteiger partial charge on any atom is -0.352 e. The number of sulfone groups is 1. The number of nitrogens with one attached hydrogen (secondary N) is 1. The Bertz CT molecular complexity index is 432. The molecular weight excluding hydrogens is 250 g/mol. The summed E-state index contributed by atoms with van der Waals surface area (Å²) in [5, 5.41) is 1.95. The minimum absolute atomic E-state index is 0.0944. The smallest absolute Gasteiger partial charge is 0.238 e. The van der Waals surface area contributed by atoms with Gasteiger partial charge in [0.1, 0.15) is 5.25 Å². The second-order valence-corrected chi connectivity index (χ2v) is 8.47. The third-order valence-electron chi connectivity index (χ3n) is 4.82. The molecule has 0 aromatic rings. The van der Waals surface area contributed by atoms with Crippen LogP contribution in [0.25, 0.3) is 0 Å². The lowest BCUT2D eigenvalue weighted by Crippen LogP contribution is -2.45. The topological polar surface area (TPSA) is 63.2 Å². The largest absolute Gasteiger partial charge is 0.352 e. The van der Waals surface area contributed by atoms with Crippen LogP contribution in [0, 0.1) is 17.8 Å². The van der Waals surface area contributed by atoms with Gasteiger partial charge >= 0.3 is 0 Å². The first kappa shape index (κ1) is 13.8. The van der Waals surface area contributed by atoms with Crippen LogP contribution in [0.15, 0.2) is 0 Å². The van der Waals surface area contributed by atoms with Crippen molar-refractivity contribution in [3.05, 3.63) is 0 Å². The molecule has 2 aliphatic carbocycles. The van der Waals surface area contributed by atoms with Crippen LogP contribution < -0.4 is 5.32 Å². The summed E-state index contributed by atoms with van der Waals surface area (Å²) in [5.74, 6) is 1.76. The highest BCUT2D eigenvalue weighted by Gasteiger charge is 2.42. The van der Waals surface area contributed by atoms with E-state index in [1.54, 1.807) is 0 Å². The van der Waals surface area contributed by atoms with Gasteiger partial charge in [0, 0.05) is 12.3 Å². The van der Waals surface area contributed by atoms with Gasteiger partial charge in [-0.15, -0.1) is 0 Å². The molecule has 0 unspecified atom stereocenters. The molecule has 2 bridgehead atoms. The van der Waals surface area contributed by atoms with Crippen molar-refractivity contribution in [2.45, 2.75) is 50.8 Å². The Hall–Kier alpha value is -0.580. The zero-order chi connectivity index (χ0) is 13.5. The molecule has 4 nitrogen and oxygen atoms in total. The second kappa shape index (κ2) is 4.83. The predicted octanol–water partition coefficient (Wildman–Crippen LogP) is 1.36. The van der Waals surface area contributed by atoms with Gasteiger partial charge in [-0.3, -0.25) is 4.79 Å². The molecule has 2 aliphatic rings. The highest BCUT2D eigenvalue weighted by molar-refractivity contribution is 7.92. The lowest BCUT2D eigenvalue weighted by atomic mass is 9.84. The molecule has 0 aromatic heterocycles. The minimum atomic E-state index is -3.29. The molecule has 0 spiro atoms. The lowest BCUT2D eigenvalue weighted by Gasteiger charge is -2.29. The molecule has 5 atom stereocenters. The van der Waals surface area contributed by atoms with Gasteiger partial charge in [-0.25, -0.2) is 8.42 Å². The predicted molar refractivity (Wildman–Crippen MR) is 70.8 cm³/mol. The number of hydrogen-bond donors (Lipinski definition) is 1. The van der Waals surface area contributed by atoms with Crippen LogP contribution in [0.5, 0.6) is 0 Å². The van der Waals surface area contributed by atoms with E-state index < -0.39 is 15.1 Å². The van der Waals surface area contributed by atoms with Crippen molar-refractivity contribution in [1.29, 1.82) is 0 Å². The number of carbonyl (C=O) groups is 1. The Kier molecular flexibility index (Phi) is 3.72.